The van der Waals surface area contributed by atoms with Crippen molar-refractivity contribution >= 4 is 15.5 Å². The first-order chi connectivity index (χ1) is 9.07. The number of benzene rings is 1. The van der Waals surface area contributed by atoms with Gasteiger partial charge < -0.3 is 5.32 Å². The van der Waals surface area contributed by atoms with E-state index < -0.39 is 9.84 Å². The van der Waals surface area contributed by atoms with Crippen LogP contribution in [0, 0.1) is 5.92 Å². The summed E-state index contributed by atoms with van der Waals surface area (Å²) in [6, 6.07) is 7.15. The highest BCUT2D eigenvalue weighted by Gasteiger charge is 2.14. The van der Waals surface area contributed by atoms with Gasteiger partial charge in [0.05, 0.1) is 10.6 Å². The first-order valence-electron chi connectivity index (χ1n) is 7.10. The van der Waals surface area contributed by atoms with E-state index in [0.29, 0.717) is 4.90 Å². The van der Waals surface area contributed by atoms with Gasteiger partial charge in [0, 0.05) is 12.8 Å². The van der Waals surface area contributed by atoms with Crippen molar-refractivity contribution in [2.24, 2.45) is 5.92 Å². The molecule has 0 atom stereocenters. The van der Waals surface area contributed by atoms with Crippen molar-refractivity contribution in [3.63, 3.8) is 0 Å². The molecule has 3 nitrogen and oxygen atoms in total. The molecule has 1 aliphatic rings. The molecule has 0 aromatic heterocycles. The van der Waals surface area contributed by atoms with Gasteiger partial charge >= 0.3 is 0 Å². The average molecular weight is 281 g/mol. The Balaban J connectivity index is 1.92. The van der Waals surface area contributed by atoms with Gasteiger partial charge in [0.2, 0.25) is 0 Å². The van der Waals surface area contributed by atoms with Gasteiger partial charge in [-0.25, -0.2) is 8.42 Å². The van der Waals surface area contributed by atoms with Gasteiger partial charge in [-0.15, -0.1) is 0 Å². The summed E-state index contributed by atoms with van der Waals surface area (Å²) in [6.45, 7) is 0.858. The molecule has 19 heavy (non-hydrogen) atoms. The van der Waals surface area contributed by atoms with E-state index in [4.69, 9.17) is 0 Å². The molecule has 0 bridgehead atoms. The highest BCUT2D eigenvalue weighted by atomic mass is 32.2. The van der Waals surface area contributed by atoms with E-state index >= 15 is 0 Å². The van der Waals surface area contributed by atoms with Crippen molar-refractivity contribution in [2.75, 3.05) is 18.1 Å². The van der Waals surface area contributed by atoms with Crippen molar-refractivity contribution < 1.29 is 8.42 Å². The van der Waals surface area contributed by atoms with Crippen LogP contribution in [0.5, 0.6) is 0 Å². The predicted molar refractivity (Wildman–Crippen MR) is 79.2 cm³/mol. The summed E-state index contributed by atoms with van der Waals surface area (Å²) in [5, 5.41) is 3.29. The number of hydrogen-bond donors (Lipinski definition) is 1. The molecule has 106 valence electrons. The number of nitrogens with one attached hydrogen (secondary N) is 1. The van der Waals surface area contributed by atoms with Gasteiger partial charge in [0.25, 0.3) is 0 Å². The van der Waals surface area contributed by atoms with Crippen molar-refractivity contribution in [3.05, 3.63) is 24.3 Å². The Hall–Kier alpha value is -1.03. The standard InChI is InChI=1S/C15H23NO2S/c1-19(17,18)15-10-6-5-9-14(15)16-12-11-13-7-3-2-4-8-13/h5-6,9-10,13,16H,2-4,7-8,11-12H2,1H3. The number of hydrogen-bond acceptors (Lipinski definition) is 3. The van der Waals surface area contributed by atoms with E-state index in [-0.39, 0.29) is 0 Å². The van der Waals surface area contributed by atoms with Crippen LogP contribution in [0.25, 0.3) is 0 Å². The second-order valence-electron chi connectivity index (χ2n) is 5.49. The minimum Gasteiger partial charge on any atom is -0.384 e. The van der Waals surface area contributed by atoms with Gasteiger partial charge in [-0.1, -0.05) is 44.2 Å². The van der Waals surface area contributed by atoms with E-state index in [2.05, 4.69) is 5.32 Å². The van der Waals surface area contributed by atoms with E-state index in [0.717, 1.165) is 24.6 Å². The van der Waals surface area contributed by atoms with Crippen LogP contribution >= 0.6 is 0 Å². The quantitative estimate of drug-likeness (QED) is 0.899. The highest BCUT2D eigenvalue weighted by molar-refractivity contribution is 7.90. The normalized spacial score (nSPS) is 17.3. The summed E-state index contributed by atoms with van der Waals surface area (Å²) in [5.74, 6) is 0.812. The Labute approximate surface area is 116 Å². The number of para-hydroxylation sites is 1. The van der Waals surface area contributed by atoms with Crippen molar-refractivity contribution in [2.45, 2.75) is 43.4 Å². The van der Waals surface area contributed by atoms with Crippen molar-refractivity contribution in [1.82, 2.24) is 0 Å². The van der Waals surface area contributed by atoms with Gasteiger partial charge in [-0.2, -0.15) is 0 Å². The molecule has 0 aliphatic heterocycles. The van der Waals surface area contributed by atoms with Gasteiger partial charge in [-0.05, 0) is 24.5 Å². The molecule has 0 amide bonds. The summed E-state index contributed by atoms with van der Waals surface area (Å²) in [6.07, 6.45) is 9.13. The summed E-state index contributed by atoms with van der Waals surface area (Å²) in [7, 11) is -3.15. The smallest absolute Gasteiger partial charge is 0.177 e. The molecule has 2 rings (SSSR count). The lowest BCUT2D eigenvalue weighted by molar-refractivity contribution is 0.345. The Bertz CT molecular complexity index is 505. The molecule has 4 heteroatoms. The summed E-state index contributed by atoms with van der Waals surface area (Å²) >= 11 is 0. The Morgan fingerprint density at radius 1 is 1.16 bits per heavy atom. The Morgan fingerprint density at radius 3 is 2.53 bits per heavy atom. The maximum absolute atomic E-state index is 11.7. The predicted octanol–water partition coefficient (Wildman–Crippen LogP) is 3.47. The first kappa shape index (κ1) is 14.4. The van der Waals surface area contributed by atoms with Crippen LogP contribution in [0.15, 0.2) is 29.2 Å². The third-order valence-electron chi connectivity index (χ3n) is 3.88. The maximum Gasteiger partial charge on any atom is 0.177 e. The lowest BCUT2D eigenvalue weighted by Crippen LogP contribution is -2.13. The molecular formula is C15H23NO2S. The molecule has 1 N–H and O–H groups in total. The molecule has 0 heterocycles. The zero-order valence-corrected chi connectivity index (χ0v) is 12.4. The summed E-state index contributed by atoms with van der Waals surface area (Å²) < 4.78 is 23.4. The van der Waals surface area contributed by atoms with Crippen LogP contribution in [-0.2, 0) is 9.84 Å². The molecule has 0 unspecified atom stereocenters. The lowest BCUT2D eigenvalue weighted by Gasteiger charge is -2.22. The Kier molecular flexibility index (Phi) is 4.86. The third kappa shape index (κ3) is 4.23. The van der Waals surface area contributed by atoms with Crippen LogP contribution in [0.3, 0.4) is 0 Å². The van der Waals surface area contributed by atoms with E-state index in [9.17, 15) is 8.42 Å². The minimum absolute atomic E-state index is 0.402. The van der Waals surface area contributed by atoms with Gasteiger partial charge in [0.15, 0.2) is 9.84 Å². The zero-order chi connectivity index (χ0) is 13.7. The molecule has 0 spiro atoms. The maximum atomic E-state index is 11.7. The van der Waals surface area contributed by atoms with E-state index in [1.54, 1.807) is 12.1 Å². The molecule has 1 aromatic rings. The van der Waals surface area contributed by atoms with Crippen molar-refractivity contribution in [1.29, 1.82) is 0 Å². The number of rotatable bonds is 5. The third-order valence-corrected chi connectivity index (χ3v) is 5.03. The van der Waals surface area contributed by atoms with Crippen LogP contribution in [0.2, 0.25) is 0 Å². The topological polar surface area (TPSA) is 46.2 Å². The molecule has 1 fully saturated rings. The fraction of sp³-hybridized carbons (Fsp3) is 0.600. The second-order valence-corrected chi connectivity index (χ2v) is 7.47. The lowest BCUT2D eigenvalue weighted by atomic mass is 9.87. The Morgan fingerprint density at radius 2 is 1.84 bits per heavy atom. The zero-order valence-electron chi connectivity index (χ0n) is 11.6. The second kappa shape index (κ2) is 6.42. The monoisotopic (exact) mass is 281 g/mol. The van der Waals surface area contributed by atoms with Crippen LogP contribution in [0.1, 0.15) is 38.5 Å². The summed E-state index contributed by atoms with van der Waals surface area (Å²) in [5.41, 5.74) is 0.737. The summed E-state index contributed by atoms with van der Waals surface area (Å²) in [4.78, 5) is 0.402. The number of anilines is 1. The SMILES string of the molecule is CS(=O)(=O)c1ccccc1NCCC1CCCCC1. The van der Waals surface area contributed by atoms with Gasteiger partial charge in [-0.3, -0.25) is 0 Å². The van der Waals surface area contributed by atoms with Crippen LogP contribution in [0.4, 0.5) is 5.69 Å². The molecule has 1 saturated carbocycles. The molecular weight excluding hydrogens is 258 g/mol. The number of sulfone groups is 1. The van der Waals surface area contributed by atoms with Gasteiger partial charge in [0.1, 0.15) is 0 Å². The fourth-order valence-corrected chi connectivity index (χ4v) is 3.69. The fourth-order valence-electron chi connectivity index (χ4n) is 2.82. The molecule has 0 radical (unpaired) electrons. The molecule has 1 aromatic carbocycles. The highest BCUT2D eigenvalue weighted by Crippen LogP contribution is 2.27. The van der Waals surface area contributed by atoms with E-state index in [1.165, 1.54) is 38.4 Å². The first-order valence-corrected chi connectivity index (χ1v) is 8.99. The van der Waals surface area contributed by atoms with Crippen LogP contribution in [-0.4, -0.2) is 21.2 Å². The molecule has 0 saturated heterocycles. The van der Waals surface area contributed by atoms with Crippen molar-refractivity contribution in [3.8, 4) is 0 Å². The van der Waals surface area contributed by atoms with Crippen LogP contribution < -0.4 is 5.32 Å². The molecule has 1 aliphatic carbocycles. The average Bonchev–Trinajstić information content (AvgIpc) is 2.39. The largest absolute Gasteiger partial charge is 0.384 e. The van der Waals surface area contributed by atoms with E-state index in [1.807, 2.05) is 12.1 Å². The minimum atomic E-state index is -3.15.